The highest BCUT2D eigenvalue weighted by molar-refractivity contribution is 6.30. The van der Waals surface area contributed by atoms with Crippen molar-refractivity contribution in [2.75, 3.05) is 13.2 Å². The molecule has 3 aliphatic rings. The van der Waals surface area contributed by atoms with Gasteiger partial charge in [0.15, 0.2) is 19.0 Å². The molecule has 0 aliphatic heterocycles. The third kappa shape index (κ3) is 5.30. The van der Waals surface area contributed by atoms with E-state index in [0.717, 1.165) is 6.07 Å². The lowest BCUT2D eigenvalue weighted by molar-refractivity contribution is -0.143. The van der Waals surface area contributed by atoms with Crippen molar-refractivity contribution in [3.63, 3.8) is 0 Å². The van der Waals surface area contributed by atoms with Crippen LogP contribution in [-0.4, -0.2) is 41.9 Å². The van der Waals surface area contributed by atoms with E-state index in [-0.39, 0.29) is 36.2 Å². The van der Waals surface area contributed by atoms with Crippen molar-refractivity contribution in [2.24, 2.45) is 0 Å². The molecule has 0 spiro atoms. The van der Waals surface area contributed by atoms with E-state index in [0.29, 0.717) is 31.4 Å². The largest absolute Gasteiger partial charge is 0.484 e. The topological polar surface area (TPSA) is 93.7 Å². The van der Waals surface area contributed by atoms with Gasteiger partial charge in [-0.2, -0.15) is 0 Å². The minimum absolute atomic E-state index is 0.0452. The molecule has 0 atom stereocenters. The molecule has 0 saturated heterocycles. The first-order valence-corrected chi connectivity index (χ1v) is 11.2. The maximum Gasteiger partial charge on any atom is 0.258 e. The van der Waals surface area contributed by atoms with E-state index in [1.54, 1.807) is 0 Å². The molecule has 0 heterocycles. The molecule has 2 aromatic rings. The highest BCUT2D eigenvalue weighted by atomic mass is 35.5. The lowest BCUT2D eigenvalue weighted by atomic mass is 9.60. The molecule has 2 amide bonds. The summed E-state index contributed by atoms with van der Waals surface area (Å²) < 4.78 is 37.2. The smallest absolute Gasteiger partial charge is 0.258 e. The molecular formula is C24H23ClF2N2O5. The molecular weight excluding hydrogens is 470 g/mol. The minimum atomic E-state index is -0.979. The standard InChI is InChI=1S/C24H23ClF2N2O5/c25-18-6-5-17(11-19(18)27)34-13-21(31)28-23-7-9-24(10-8-23,20(30)12-23)29-22(32)14-33-16-3-1-15(26)2-4-16/h1-6,11H,7-10,12-14H2,(H,28,31)(H,29,32). The average molecular weight is 493 g/mol. The predicted molar refractivity (Wildman–Crippen MR) is 119 cm³/mol. The first kappa shape index (κ1) is 23.9. The Labute approximate surface area is 199 Å². The summed E-state index contributed by atoms with van der Waals surface area (Å²) in [5.74, 6) is -1.56. The molecule has 2 aromatic carbocycles. The number of carbonyl (C=O) groups excluding carboxylic acids is 3. The van der Waals surface area contributed by atoms with Gasteiger partial charge in [-0.3, -0.25) is 14.4 Å². The predicted octanol–water partition coefficient (Wildman–Crippen LogP) is 3.33. The number of Topliss-reactive ketones (excluding diaryl/α,β-unsaturated/α-hetero) is 1. The van der Waals surface area contributed by atoms with Crippen molar-refractivity contribution < 1.29 is 32.6 Å². The van der Waals surface area contributed by atoms with Crippen LogP contribution in [0.4, 0.5) is 8.78 Å². The van der Waals surface area contributed by atoms with Crippen molar-refractivity contribution in [1.82, 2.24) is 10.6 Å². The summed E-state index contributed by atoms with van der Waals surface area (Å²) in [6, 6.07) is 9.17. The van der Waals surface area contributed by atoms with Gasteiger partial charge >= 0.3 is 0 Å². The van der Waals surface area contributed by atoms with E-state index in [1.165, 1.54) is 36.4 Å². The average Bonchev–Trinajstić information content (AvgIpc) is 2.81. The number of rotatable bonds is 8. The zero-order chi connectivity index (χ0) is 24.3. The van der Waals surface area contributed by atoms with Crippen molar-refractivity contribution in [1.29, 1.82) is 0 Å². The Bertz CT molecular complexity index is 1100. The number of nitrogens with one attached hydrogen (secondary N) is 2. The zero-order valence-electron chi connectivity index (χ0n) is 18.2. The molecule has 2 N–H and O–H groups in total. The molecule has 180 valence electrons. The molecule has 0 radical (unpaired) electrons. The van der Waals surface area contributed by atoms with Crippen molar-refractivity contribution >= 4 is 29.2 Å². The van der Waals surface area contributed by atoms with Crippen molar-refractivity contribution in [3.8, 4) is 11.5 Å². The van der Waals surface area contributed by atoms with Gasteiger partial charge in [0.1, 0.15) is 23.1 Å². The van der Waals surface area contributed by atoms with Gasteiger partial charge in [0.25, 0.3) is 11.8 Å². The van der Waals surface area contributed by atoms with Gasteiger partial charge in [0, 0.05) is 18.0 Å². The maximum absolute atomic E-state index is 13.5. The van der Waals surface area contributed by atoms with Gasteiger partial charge in [-0.05, 0) is 62.1 Å². The SMILES string of the molecule is O=C(COc1ccc(Cl)c(F)c1)NC12CCC(NC(=O)COc3ccc(F)cc3)(CC1)C(=O)C2. The van der Waals surface area contributed by atoms with Crippen molar-refractivity contribution in [3.05, 3.63) is 59.1 Å². The molecule has 2 bridgehead atoms. The van der Waals surface area contributed by atoms with E-state index in [4.69, 9.17) is 21.1 Å². The molecule has 3 saturated carbocycles. The van der Waals surface area contributed by atoms with Gasteiger partial charge in [0.05, 0.1) is 10.6 Å². The molecule has 10 heteroatoms. The van der Waals surface area contributed by atoms with Crippen LogP contribution in [0.1, 0.15) is 32.1 Å². The van der Waals surface area contributed by atoms with Gasteiger partial charge in [-0.15, -0.1) is 0 Å². The number of carbonyl (C=O) groups is 3. The summed E-state index contributed by atoms with van der Waals surface area (Å²) in [6.45, 7) is -0.634. The minimum Gasteiger partial charge on any atom is -0.484 e. The van der Waals surface area contributed by atoms with E-state index >= 15 is 0 Å². The Hall–Kier alpha value is -3.20. The number of halogens is 3. The second kappa shape index (κ2) is 9.58. The Balaban J connectivity index is 1.28. The third-order valence-electron chi connectivity index (χ3n) is 6.32. The van der Waals surface area contributed by atoms with Crippen LogP contribution in [-0.2, 0) is 14.4 Å². The van der Waals surface area contributed by atoms with Crippen molar-refractivity contribution in [2.45, 2.75) is 43.2 Å². The van der Waals surface area contributed by atoms with Crippen LogP contribution in [0, 0.1) is 11.6 Å². The molecule has 3 aliphatic carbocycles. The van der Waals surface area contributed by atoms with Gasteiger partial charge in [-0.1, -0.05) is 11.6 Å². The molecule has 5 rings (SSSR count). The Kier molecular flexibility index (Phi) is 6.74. The molecule has 34 heavy (non-hydrogen) atoms. The first-order valence-electron chi connectivity index (χ1n) is 10.8. The molecule has 3 fully saturated rings. The van der Waals surface area contributed by atoms with E-state index < -0.39 is 34.5 Å². The number of fused-ring (bicyclic) bond motifs is 3. The quantitative estimate of drug-likeness (QED) is 0.589. The van der Waals surface area contributed by atoms with E-state index in [1.807, 2.05) is 0 Å². The van der Waals surface area contributed by atoms with E-state index in [9.17, 15) is 23.2 Å². The normalized spacial score (nSPS) is 23.3. The summed E-state index contributed by atoms with van der Waals surface area (Å²) in [7, 11) is 0. The monoisotopic (exact) mass is 492 g/mol. The summed E-state index contributed by atoms with van der Waals surface area (Å²) in [6.07, 6.45) is 1.89. The lowest BCUT2D eigenvalue weighted by Crippen LogP contribution is -2.69. The fraction of sp³-hybridized carbons (Fsp3) is 0.375. The van der Waals surface area contributed by atoms with Crippen LogP contribution in [0.2, 0.25) is 5.02 Å². The fourth-order valence-electron chi connectivity index (χ4n) is 4.48. The van der Waals surface area contributed by atoms with Crippen LogP contribution < -0.4 is 20.1 Å². The van der Waals surface area contributed by atoms with Crippen LogP contribution in [0.15, 0.2) is 42.5 Å². The molecule has 7 nitrogen and oxygen atoms in total. The van der Waals surface area contributed by atoms with Crippen LogP contribution >= 0.6 is 11.6 Å². The van der Waals surface area contributed by atoms with Gasteiger partial charge in [-0.25, -0.2) is 8.78 Å². The first-order chi connectivity index (χ1) is 16.2. The van der Waals surface area contributed by atoms with Gasteiger partial charge < -0.3 is 20.1 Å². The van der Waals surface area contributed by atoms with Crippen LogP contribution in [0.3, 0.4) is 0 Å². The Morgan fingerprint density at radius 1 is 0.882 bits per heavy atom. The van der Waals surface area contributed by atoms with E-state index in [2.05, 4.69) is 10.6 Å². The number of hydrogen-bond acceptors (Lipinski definition) is 5. The summed E-state index contributed by atoms with van der Waals surface area (Å²) >= 11 is 5.63. The number of hydrogen-bond donors (Lipinski definition) is 2. The summed E-state index contributed by atoms with van der Waals surface area (Å²) in [4.78, 5) is 37.8. The summed E-state index contributed by atoms with van der Waals surface area (Å²) in [5, 5.41) is 5.66. The highest BCUT2D eigenvalue weighted by Gasteiger charge is 2.55. The fourth-order valence-corrected chi connectivity index (χ4v) is 4.60. The zero-order valence-corrected chi connectivity index (χ0v) is 18.9. The van der Waals surface area contributed by atoms with Crippen LogP contribution in [0.25, 0.3) is 0 Å². The second-order valence-corrected chi connectivity index (χ2v) is 9.07. The number of benzene rings is 2. The summed E-state index contributed by atoms with van der Waals surface area (Å²) in [5.41, 5.74) is -1.67. The highest BCUT2D eigenvalue weighted by Crippen LogP contribution is 2.44. The second-order valence-electron chi connectivity index (χ2n) is 8.67. The van der Waals surface area contributed by atoms with Crippen LogP contribution in [0.5, 0.6) is 11.5 Å². The Morgan fingerprint density at radius 2 is 1.47 bits per heavy atom. The maximum atomic E-state index is 13.5. The number of ether oxygens (including phenoxy) is 2. The number of ketones is 1. The number of amides is 2. The lowest BCUT2D eigenvalue weighted by Gasteiger charge is -2.52. The Morgan fingerprint density at radius 3 is 2.09 bits per heavy atom. The molecule has 0 unspecified atom stereocenters. The third-order valence-corrected chi connectivity index (χ3v) is 6.63. The van der Waals surface area contributed by atoms with Gasteiger partial charge in [0.2, 0.25) is 0 Å². The molecule has 0 aromatic heterocycles.